The Hall–Kier alpha value is -3.34. The molecular formula is C21H17N2O4S-. The fourth-order valence-electron chi connectivity index (χ4n) is 2.68. The van der Waals surface area contributed by atoms with Crippen LogP contribution in [-0.4, -0.2) is 30.7 Å². The summed E-state index contributed by atoms with van der Waals surface area (Å²) in [6.45, 7) is 0.125. The van der Waals surface area contributed by atoms with E-state index in [4.69, 9.17) is 4.74 Å². The zero-order chi connectivity index (χ0) is 19.9. The topological polar surface area (TPSA) is 74.6 Å². The lowest BCUT2D eigenvalue weighted by molar-refractivity contribution is 0.0600. The van der Waals surface area contributed by atoms with Gasteiger partial charge in [0, 0.05) is 18.4 Å². The van der Waals surface area contributed by atoms with Gasteiger partial charge in [-0.15, -0.1) is 0 Å². The summed E-state index contributed by atoms with van der Waals surface area (Å²) >= 11 is -2.53. The maximum atomic E-state index is 12.2. The molecule has 1 aromatic heterocycles. The maximum absolute atomic E-state index is 12.2. The van der Waals surface area contributed by atoms with E-state index >= 15 is 0 Å². The van der Waals surface area contributed by atoms with Gasteiger partial charge in [-0.1, -0.05) is 36.4 Å². The smallest absolute Gasteiger partial charge is 0.340 e. The van der Waals surface area contributed by atoms with Crippen molar-refractivity contribution in [2.24, 2.45) is 0 Å². The summed E-state index contributed by atoms with van der Waals surface area (Å²) in [6.07, 6.45) is 3.56. The Morgan fingerprint density at radius 1 is 1.11 bits per heavy atom. The minimum absolute atomic E-state index is 0.125. The number of para-hydroxylation sites is 1. The summed E-state index contributed by atoms with van der Waals surface area (Å²) < 4.78 is 30.8. The number of ether oxygens (including phenoxy) is 1. The fraction of sp³-hybridized carbons (Fsp3) is 0.0952. The molecule has 0 aliphatic heterocycles. The SMILES string of the molecule is COC(=O)c1cccc(C#CN(Cc2ccccc2)S(=O)[O-])c1-n1cccc1. The average molecular weight is 393 g/mol. The summed E-state index contributed by atoms with van der Waals surface area (Å²) in [7, 11) is 1.31. The number of benzene rings is 2. The van der Waals surface area contributed by atoms with E-state index in [9.17, 15) is 13.6 Å². The minimum atomic E-state index is -2.53. The quantitative estimate of drug-likeness (QED) is 0.289. The summed E-state index contributed by atoms with van der Waals surface area (Å²) in [6, 6.07) is 20.5. The van der Waals surface area contributed by atoms with Crippen LogP contribution in [0, 0.1) is 12.0 Å². The predicted octanol–water partition coefficient (Wildman–Crippen LogP) is 2.87. The summed E-state index contributed by atoms with van der Waals surface area (Å²) in [5.41, 5.74) is 2.18. The van der Waals surface area contributed by atoms with Gasteiger partial charge in [-0.25, -0.2) is 4.79 Å². The summed E-state index contributed by atoms with van der Waals surface area (Å²) in [5, 5.41) is 0. The Bertz CT molecular complexity index is 1040. The van der Waals surface area contributed by atoms with Gasteiger partial charge in [0.1, 0.15) is 0 Å². The highest BCUT2D eigenvalue weighted by Gasteiger charge is 2.16. The Kier molecular flexibility index (Phi) is 6.27. The molecule has 0 N–H and O–H groups in total. The standard InChI is InChI=1S/C21H18N2O4S/c1-27-21(24)19-11-7-10-18(20(19)22-13-5-6-14-22)12-15-23(28(25)26)16-17-8-3-2-4-9-17/h2-11,13-14H,16H2,1H3,(H,25,26)/p-1. The Labute approximate surface area is 165 Å². The van der Waals surface area contributed by atoms with Crippen molar-refractivity contribution >= 4 is 17.2 Å². The molecule has 7 heteroatoms. The molecule has 0 radical (unpaired) electrons. The molecule has 1 unspecified atom stereocenters. The lowest BCUT2D eigenvalue weighted by Crippen LogP contribution is -2.20. The minimum Gasteiger partial charge on any atom is -0.755 e. The molecule has 1 atom stereocenters. The first-order valence-electron chi connectivity index (χ1n) is 8.37. The van der Waals surface area contributed by atoms with E-state index in [2.05, 4.69) is 12.0 Å². The molecule has 2 aromatic carbocycles. The second-order valence-electron chi connectivity index (χ2n) is 5.76. The zero-order valence-electron chi connectivity index (χ0n) is 15.1. The molecule has 3 rings (SSSR count). The van der Waals surface area contributed by atoms with Crippen molar-refractivity contribution in [1.29, 1.82) is 0 Å². The number of hydrogen-bond donors (Lipinski definition) is 0. The molecule has 1 heterocycles. The molecule has 0 saturated carbocycles. The Balaban J connectivity index is 2.02. The van der Waals surface area contributed by atoms with Crippen LogP contribution in [-0.2, 0) is 22.5 Å². The van der Waals surface area contributed by atoms with Crippen molar-refractivity contribution in [2.45, 2.75) is 6.54 Å². The monoisotopic (exact) mass is 393 g/mol. The van der Waals surface area contributed by atoms with Gasteiger partial charge in [-0.3, -0.25) is 8.51 Å². The highest BCUT2D eigenvalue weighted by atomic mass is 32.2. The number of esters is 1. The van der Waals surface area contributed by atoms with Gasteiger partial charge in [0.05, 0.1) is 41.7 Å². The van der Waals surface area contributed by atoms with Gasteiger partial charge in [0.2, 0.25) is 0 Å². The third kappa shape index (κ3) is 4.49. The van der Waals surface area contributed by atoms with E-state index in [1.54, 1.807) is 35.2 Å². The van der Waals surface area contributed by atoms with Crippen LogP contribution in [0.15, 0.2) is 73.1 Å². The molecule has 0 aliphatic rings. The van der Waals surface area contributed by atoms with E-state index < -0.39 is 17.2 Å². The van der Waals surface area contributed by atoms with Crippen LogP contribution in [0.25, 0.3) is 5.69 Å². The van der Waals surface area contributed by atoms with E-state index in [0.717, 1.165) is 9.87 Å². The van der Waals surface area contributed by atoms with Crippen LogP contribution in [0.4, 0.5) is 0 Å². The summed E-state index contributed by atoms with van der Waals surface area (Å²) in [4.78, 5) is 12.2. The van der Waals surface area contributed by atoms with Crippen LogP contribution in [0.2, 0.25) is 0 Å². The van der Waals surface area contributed by atoms with E-state index in [0.29, 0.717) is 16.8 Å². The Morgan fingerprint density at radius 2 is 1.82 bits per heavy atom. The van der Waals surface area contributed by atoms with Gasteiger partial charge in [0.25, 0.3) is 0 Å². The summed E-state index contributed by atoms with van der Waals surface area (Å²) in [5.74, 6) is 2.38. The molecule has 28 heavy (non-hydrogen) atoms. The van der Waals surface area contributed by atoms with Crippen molar-refractivity contribution in [3.8, 4) is 17.7 Å². The number of aromatic nitrogens is 1. The van der Waals surface area contributed by atoms with Crippen LogP contribution in [0.5, 0.6) is 0 Å². The van der Waals surface area contributed by atoms with Gasteiger partial charge >= 0.3 is 5.97 Å². The van der Waals surface area contributed by atoms with Crippen molar-refractivity contribution in [1.82, 2.24) is 8.87 Å². The van der Waals surface area contributed by atoms with Gasteiger partial charge in [0.15, 0.2) is 0 Å². The molecule has 0 aliphatic carbocycles. The van der Waals surface area contributed by atoms with Gasteiger partial charge in [-0.05, 0) is 35.7 Å². The first kappa shape index (κ1) is 19.4. The van der Waals surface area contributed by atoms with Gasteiger partial charge < -0.3 is 13.9 Å². The first-order chi connectivity index (χ1) is 13.6. The highest BCUT2D eigenvalue weighted by Crippen LogP contribution is 2.21. The molecular weight excluding hydrogens is 376 g/mol. The molecule has 0 spiro atoms. The third-order valence-electron chi connectivity index (χ3n) is 3.97. The zero-order valence-corrected chi connectivity index (χ0v) is 15.9. The normalized spacial score (nSPS) is 11.2. The lowest BCUT2D eigenvalue weighted by atomic mass is 10.1. The molecule has 0 amide bonds. The van der Waals surface area contributed by atoms with Crippen molar-refractivity contribution in [3.05, 3.63) is 89.7 Å². The van der Waals surface area contributed by atoms with Crippen LogP contribution >= 0.6 is 0 Å². The molecule has 6 nitrogen and oxygen atoms in total. The van der Waals surface area contributed by atoms with Crippen LogP contribution < -0.4 is 0 Å². The number of hydrogen-bond acceptors (Lipinski definition) is 4. The number of carbonyl (C=O) groups is 1. The average Bonchev–Trinajstić information content (AvgIpc) is 3.25. The number of carbonyl (C=O) groups excluding carboxylic acids is 1. The van der Waals surface area contributed by atoms with Crippen LogP contribution in [0.3, 0.4) is 0 Å². The molecule has 0 bridgehead atoms. The highest BCUT2D eigenvalue weighted by molar-refractivity contribution is 7.76. The largest absolute Gasteiger partial charge is 0.755 e. The van der Waals surface area contributed by atoms with Crippen molar-refractivity contribution in [3.63, 3.8) is 0 Å². The van der Waals surface area contributed by atoms with Crippen molar-refractivity contribution < 1.29 is 18.3 Å². The maximum Gasteiger partial charge on any atom is 0.340 e. The molecule has 142 valence electrons. The number of rotatable bonds is 5. The van der Waals surface area contributed by atoms with Crippen LogP contribution in [0.1, 0.15) is 21.5 Å². The molecule has 0 fully saturated rings. The second kappa shape index (κ2) is 9.04. The molecule has 0 saturated heterocycles. The Morgan fingerprint density at radius 3 is 2.46 bits per heavy atom. The van der Waals surface area contributed by atoms with E-state index in [-0.39, 0.29) is 6.54 Å². The van der Waals surface area contributed by atoms with E-state index in [1.165, 1.54) is 7.11 Å². The number of nitrogens with zero attached hydrogens (tertiary/aromatic N) is 2. The van der Waals surface area contributed by atoms with Crippen molar-refractivity contribution in [2.75, 3.05) is 7.11 Å². The molecule has 3 aromatic rings. The van der Waals surface area contributed by atoms with E-state index in [1.807, 2.05) is 42.5 Å². The number of methoxy groups -OCH3 is 1. The lowest BCUT2D eigenvalue weighted by Gasteiger charge is -2.19. The third-order valence-corrected chi connectivity index (χ3v) is 4.55. The fourth-order valence-corrected chi connectivity index (χ4v) is 3.06. The first-order valence-corrected chi connectivity index (χ1v) is 9.40. The second-order valence-corrected chi connectivity index (χ2v) is 6.63. The predicted molar refractivity (Wildman–Crippen MR) is 105 cm³/mol. The van der Waals surface area contributed by atoms with Gasteiger partial charge in [-0.2, -0.15) is 0 Å².